The van der Waals surface area contributed by atoms with Gasteiger partial charge >= 0.3 is 5.97 Å². The highest BCUT2D eigenvalue weighted by Crippen LogP contribution is 2.34. The lowest BCUT2D eigenvalue weighted by molar-refractivity contribution is -0.139. The second-order valence-corrected chi connectivity index (χ2v) is 9.26. The minimum Gasteiger partial charge on any atom is -0.463 e. The van der Waals surface area contributed by atoms with Gasteiger partial charge in [-0.1, -0.05) is 58.0 Å². The van der Waals surface area contributed by atoms with Gasteiger partial charge in [-0.2, -0.15) is 0 Å². The van der Waals surface area contributed by atoms with Crippen LogP contribution in [0.15, 0.2) is 63.2 Å². The summed E-state index contributed by atoms with van der Waals surface area (Å²) in [5.41, 5.74) is 4.87. The van der Waals surface area contributed by atoms with Crippen LogP contribution in [0.25, 0.3) is 0 Å². The Balaban J connectivity index is 1.79. The molecule has 0 unspecified atom stereocenters. The van der Waals surface area contributed by atoms with Crippen LogP contribution < -0.4 is 10.6 Å². The first kappa shape index (κ1) is 24.1. The van der Waals surface area contributed by atoms with Crippen LogP contribution in [-0.4, -0.2) is 29.4 Å². The topological polar surface area (TPSA) is 79.8 Å². The minimum atomic E-state index is -0.517. The Labute approximate surface area is 201 Å². The Hall–Kier alpha value is -2.58. The van der Waals surface area contributed by atoms with E-state index in [4.69, 9.17) is 9.73 Å². The Morgan fingerprint density at radius 3 is 2.50 bits per heavy atom. The molecule has 0 bridgehead atoms. The van der Waals surface area contributed by atoms with Gasteiger partial charge in [-0.3, -0.25) is 4.79 Å². The number of hydrogen-bond donors (Lipinski definition) is 2. The molecule has 1 aliphatic rings. The molecule has 2 aromatic rings. The largest absolute Gasteiger partial charge is 0.463 e. The molecule has 0 aromatic heterocycles. The van der Waals surface area contributed by atoms with E-state index in [0.29, 0.717) is 16.4 Å². The van der Waals surface area contributed by atoms with E-state index in [1.807, 2.05) is 63.2 Å². The molecule has 0 radical (unpaired) electrons. The molecule has 2 aromatic carbocycles. The predicted octanol–water partition coefficient (Wildman–Crippen LogP) is 5.28. The maximum Gasteiger partial charge on any atom is 0.338 e. The zero-order valence-corrected chi connectivity index (χ0v) is 20.9. The molecule has 168 valence electrons. The smallest absolute Gasteiger partial charge is 0.338 e. The first-order valence-corrected chi connectivity index (χ1v) is 12.0. The molecule has 0 fully saturated rings. The van der Waals surface area contributed by atoms with E-state index in [-0.39, 0.29) is 18.3 Å². The number of hydrogen-bond acceptors (Lipinski definition) is 6. The van der Waals surface area contributed by atoms with Crippen LogP contribution in [0.2, 0.25) is 0 Å². The van der Waals surface area contributed by atoms with Crippen molar-refractivity contribution in [2.24, 2.45) is 4.99 Å². The van der Waals surface area contributed by atoms with E-state index in [2.05, 4.69) is 26.6 Å². The molecular weight excluding hydrogens is 490 g/mol. The summed E-state index contributed by atoms with van der Waals surface area (Å²) in [7, 11) is 0. The van der Waals surface area contributed by atoms with Crippen LogP contribution in [0.4, 0.5) is 5.69 Å². The lowest BCUT2D eigenvalue weighted by atomic mass is 9.97. The van der Waals surface area contributed by atoms with Crippen molar-refractivity contribution in [2.45, 2.75) is 33.7 Å². The SMILES string of the molecule is CCOC(=O)C1=C(C)NC(SCC(=O)Nc2c(C)cccc2C)=N[C@H]1c1cccc(Br)c1. The van der Waals surface area contributed by atoms with Crippen molar-refractivity contribution in [1.29, 1.82) is 0 Å². The fourth-order valence-electron chi connectivity index (χ4n) is 3.43. The van der Waals surface area contributed by atoms with Gasteiger partial charge in [-0.25, -0.2) is 9.79 Å². The van der Waals surface area contributed by atoms with Gasteiger partial charge < -0.3 is 15.4 Å². The van der Waals surface area contributed by atoms with Crippen molar-refractivity contribution < 1.29 is 14.3 Å². The van der Waals surface area contributed by atoms with Gasteiger partial charge in [0.25, 0.3) is 0 Å². The number of aryl methyl sites for hydroxylation is 2. The average molecular weight is 516 g/mol. The predicted molar refractivity (Wildman–Crippen MR) is 134 cm³/mol. The lowest BCUT2D eigenvalue weighted by Crippen LogP contribution is -2.31. The molecular formula is C24H26BrN3O3S. The number of amidine groups is 1. The number of ether oxygens (including phenoxy) is 1. The molecule has 1 aliphatic heterocycles. The van der Waals surface area contributed by atoms with Crippen LogP contribution in [0, 0.1) is 13.8 Å². The highest BCUT2D eigenvalue weighted by Gasteiger charge is 2.30. The van der Waals surface area contributed by atoms with Gasteiger partial charge in [0.05, 0.1) is 17.9 Å². The Kier molecular flexibility index (Phi) is 8.15. The van der Waals surface area contributed by atoms with Crippen molar-refractivity contribution >= 4 is 50.4 Å². The van der Waals surface area contributed by atoms with E-state index in [1.165, 1.54) is 11.8 Å². The van der Waals surface area contributed by atoms with Gasteiger partial charge in [0, 0.05) is 15.9 Å². The number of para-hydroxylation sites is 1. The van der Waals surface area contributed by atoms with Crippen LogP contribution in [-0.2, 0) is 14.3 Å². The molecule has 6 nitrogen and oxygen atoms in total. The maximum absolute atomic E-state index is 12.6. The van der Waals surface area contributed by atoms with Crippen molar-refractivity contribution in [2.75, 3.05) is 17.7 Å². The van der Waals surface area contributed by atoms with Gasteiger partial charge in [0.2, 0.25) is 5.91 Å². The average Bonchev–Trinajstić information content (AvgIpc) is 2.74. The second kappa shape index (κ2) is 10.8. The third kappa shape index (κ3) is 5.81. The number of aliphatic imine (C=N–C) groups is 1. The third-order valence-corrected chi connectivity index (χ3v) is 6.34. The highest BCUT2D eigenvalue weighted by atomic mass is 79.9. The Morgan fingerprint density at radius 1 is 1.16 bits per heavy atom. The van der Waals surface area contributed by atoms with E-state index in [1.54, 1.807) is 6.92 Å². The molecule has 0 spiro atoms. The van der Waals surface area contributed by atoms with Crippen molar-refractivity contribution in [3.8, 4) is 0 Å². The number of allylic oxidation sites excluding steroid dienone is 1. The van der Waals surface area contributed by atoms with E-state index in [9.17, 15) is 9.59 Å². The van der Waals surface area contributed by atoms with Gasteiger partial charge in [-0.15, -0.1) is 0 Å². The number of rotatable bonds is 6. The molecule has 0 saturated carbocycles. The number of carbonyl (C=O) groups is 2. The highest BCUT2D eigenvalue weighted by molar-refractivity contribution is 9.10. The van der Waals surface area contributed by atoms with Crippen LogP contribution in [0.1, 0.15) is 36.6 Å². The van der Waals surface area contributed by atoms with Gasteiger partial charge in [0.1, 0.15) is 6.04 Å². The van der Waals surface area contributed by atoms with Crippen molar-refractivity contribution in [3.05, 3.63) is 74.9 Å². The molecule has 1 amide bonds. The first-order chi connectivity index (χ1) is 15.3. The normalized spacial score (nSPS) is 15.7. The number of carbonyl (C=O) groups excluding carboxylic acids is 2. The van der Waals surface area contributed by atoms with Gasteiger partial charge in [-0.05, 0) is 56.5 Å². The quantitative estimate of drug-likeness (QED) is 0.511. The van der Waals surface area contributed by atoms with Crippen molar-refractivity contribution in [1.82, 2.24) is 5.32 Å². The molecule has 3 rings (SSSR count). The fourth-order valence-corrected chi connectivity index (χ4v) is 4.59. The maximum atomic E-state index is 12.6. The molecule has 32 heavy (non-hydrogen) atoms. The number of nitrogens with zero attached hydrogens (tertiary/aromatic N) is 1. The number of halogens is 1. The molecule has 2 N–H and O–H groups in total. The molecule has 0 aliphatic carbocycles. The molecule has 1 heterocycles. The zero-order valence-electron chi connectivity index (χ0n) is 18.5. The summed E-state index contributed by atoms with van der Waals surface area (Å²) in [6.07, 6.45) is 0. The summed E-state index contributed by atoms with van der Waals surface area (Å²) in [5.74, 6) is -0.330. The number of anilines is 1. The number of amides is 1. The summed E-state index contributed by atoms with van der Waals surface area (Å²) in [6, 6.07) is 13.1. The van der Waals surface area contributed by atoms with Gasteiger partial charge in [0.15, 0.2) is 5.17 Å². The van der Waals surface area contributed by atoms with Crippen LogP contribution in [0.5, 0.6) is 0 Å². The third-order valence-electron chi connectivity index (χ3n) is 4.96. The minimum absolute atomic E-state index is 0.117. The summed E-state index contributed by atoms with van der Waals surface area (Å²) in [6.45, 7) is 7.82. The summed E-state index contributed by atoms with van der Waals surface area (Å²) in [5, 5.41) is 6.73. The zero-order chi connectivity index (χ0) is 23.3. The van der Waals surface area contributed by atoms with Crippen LogP contribution >= 0.6 is 27.7 Å². The molecule has 0 saturated heterocycles. The number of esters is 1. The van der Waals surface area contributed by atoms with Crippen LogP contribution in [0.3, 0.4) is 0 Å². The number of thioether (sulfide) groups is 1. The standard InChI is InChI=1S/C24H26BrN3O3S/c1-5-31-23(30)20-16(4)26-24(28-22(20)17-10-7-11-18(25)12-17)32-13-19(29)27-21-14(2)8-6-9-15(21)3/h6-12,22H,5,13H2,1-4H3,(H,26,28)(H,27,29)/t22-/m0/s1. The lowest BCUT2D eigenvalue weighted by Gasteiger charge is -2.26. The van der Waals surface area contributed by atoms with E-state index in [0.717, 1.165) is 26.9 Å². The number of benzene rings is 2. The van der Waals surface area contributed by atoms with E-state index >= 15 is 0 Å². The Morgan fingerprint density at radius 2 is 1.84 bits per heavy atom. The molecule has 8 heteroatoms. The summed E-state index contributed by atoms with van der Waals surface area (Å²) < 4.78 is 6.16. The van der Waals surface area contributed by atoms with E-state index < -0.39 is 12.0 Å². The number of nitrogens with one attached hydrogen (secondary N) is 2. The van der Waals surface area contributed by atoms with Crippen molar-refractivity contribution in [3.63, 3.8) is 0 Å². The fraction of sp³-hybridized carbons (Fsp3) is 0.292. The first-order valence-electron chi connectivity index (χ1n) is 10.3. The molecule has 1 atom stereocenters. The Bertz CT molecular complexity index is 1080. The monoisotopic (exact) mass is 515 g/mol. The summed E-state index contributed by atoms with van der Waals surface area (Å²) >= 11 is 4.78. The summed E-state index contributed by atoms with van der Waals surface area (Å²) in [4.78, 5) is 30.0. The second-order valence-electron chi connectivity index (χ2n) is 7.38.